The molecule has 3 rings (SSSR count). The van der Waals surface area contributed by atoms with Crippen LogP contribution in [0.4, 0.5) is 0 Å². The number of fused-ring (bicyclic) bond motifs is 1. The van der Waals surface area contributed by atoms with Gasteiger partial charge in [-0.1, -0.05) is 18.2 Å². The standard InChI is InChI=1S/C15H16N2O2/c18-15(19)12-9-14(10-5-7-16-8-6-10)17-13-4-2-1-3-11(12)13/h1-4,9-10,16H,5-8H2,(H,18,19). The number of hydrogen-bond donors (Lipinski definition) is 2. The van der Waals surface area contributed by atoms with Gasteiger partial charge < -0.3 is 10.4 Å². The largest absolute Gasteiger partial charge is 0.478 e. The van der Waals surface area contributed by atoms with Crippen molar-refractivity contribution in [3.05, 3.63) is 41.6 Å². The van der Waals surface area contributed by atoms with E-state index in [1.54, 1.807) is 6.07 Å². The predicted octanol–water partition coefficient (Wildman–Crippen LogP) is 2.40. The van der Waals surface area contributed by atoms with Gasteiger partial charge in [-0.15, -0.1) is 0 Å². The lowest BCUT2D eigenvalue weighted by Gasteiger charge is -2.22. The number of para-hydroxylation sites is 1. The Hall–Kier alpha value is -1.94. The van der Waals surface area contributed by atoms with Crippen LogP contribution in [0.25, 0.3) is 10.9 Å². The summed E-state index contributed by atoms with van der Waals surface area (Å²) in [5.41, 5.74) is 2.05. The molecule has 4 nitrogen and oxygen atoms in total. The summed E-state index contributed by atoms with van der Waals surface area (Å²) in [5, 5.41) is 13.4. The summed E-state index contributed by atoms with van der Waals surface area (Å²) < 4.78 is 0. The zero-order valence-electron chi connectivity index (χ0n) is 10.6. The first kappa shape index (κ1) is 12.1. The zero-order valence-corrected chi connectivity index (χ0v) is 10.6. The molecule has 2 aromatic rings. The molecule has 1 aliphatic rings. The summed E-state index contributed by atoms with van der Waals surface area (Å²) in [6, 6.07) is 9.19. The molecule has 1 saturated heterocycles. The molecular weight excluding hydrogens is 240 g/mol. The topological polar surface area (TPSA) is 62.2 Å². The monoisotopic (exact) mass is 256 g/mol. The van der Waals surface area contributed by atoms with Crippen LogP contribution in [0.5, 0.6) is 0 Å². The van der Waals surface area contributed by atoms with Crippen LogP contribution in [-0.4, -0.2) is 29.1 Å². The quantitative estimate of drug-likeness (QED) is 0.866. The van der Waals surface area contributed by atoms with Crippen LogP contribution in [0.15, 0.2) is 30.3 Å². The molecule has 1 aromatic heterocycles. The minimum absolute atomic E-state index is 0.360. The average Bonchev–Trinajstić information content (AvgIpc) is 2.47. The minimum Gasteiger partial charge on any atom is -0.478 e. The summed E-state index contributed by atoms with van der Waals surface area (Å²) >= 11 is 0. The lowest BCUT2D eigenvalue weighted by molar-refractivity contribution is 0.0699. The maximum atomic E-state index is 11.4. The fourth-order valence-corrected chi connectivity index (χ4v) is 2.70. The van der Waals surface area contributed by atoms with Gasteiger partial charge in [-0.3, -0.25) is 4.98 Å². The number of nitrogens with zero attached hydrogens (tertiary/aromatic N) is 1. The second-order valence-corrected chi connectivity index (χ2v) is 4.94. The fourth-order valence-electron chi connectivity index (χ4n) is 2.70. The van der Waals surface area contributed by atoms with Crippen LogP contribution in [-0.2, 0) is 0 Å². The van der Waals surface area contributed by atoms with E-state index in [1.165, 1.54) is 0 Å². The Morgan fingerprint density at radius 1 is 1.26 bits per heavy atom. The molecule has 0 amide bonds. The smallest absolute Gasteiger partial charge is 0.336 e. The van der Waals surface area contributed by atoms with E-state index in [1.807, 2.05) is 24.3 Å². The van der Waals surface area contributed by atoms with Crippen molar-refractivity contribution >= 4 is 16.9 Å². The first-order valence-corrected chi connectivity index (χ1v) is 6.59. The van der Waals surface area contributed by atoms with Crippen LogP contribution in [0.1, 0.15) is 34.8 Å². The number of nitrogens with one attached hydrogen (secondary N) is 1. The molecule has 0 radical (unpaired) electrons. The number of benzene rings is 1. The van der Waals surface area contributed by atoms with Gasteiger partial charge in [-0.2, -0.15) is 0 Å². The minimum atomic E-state index is -0.881. The van der Waals surface area contributed by atoms with E-state index in [9.17, 15) is 9.90 Å². The summed E-state index contributed by atoms with van der Waals surface area (Å²) in [5.74, 6) is -0.516. The van der Waals surface area contributed by atoms with E-state index in [2.05, 4.69) is 10.3 Å². The lowest BCUT2D eigenvalue weighted by Crippen LogP contribution is -2.27. The molecule has 2 heterocycles. The molecule has 0 saturated carbocycles. The molecule has 19 heavy (non-hydrogen) atoms. The Morgan fingerprint density at radius 2 is 2.00 bits per heavy atom. The Kier molecular flexibility index (Phi) is 3.17. The third-order valence-corrected chi connectivity index (χ3v) is 3.72. The summed E-state index contributed by atoms with van der Waals surface area (Å²) in [6.45, 7) is 1.95. The number of carboxylic acids is 1. The van der Waals surface area contributed by atoms with Crippen molar-refractivity contribution in [1.29, 1.82) is 0 Å². The van der Waals surface area contributed by atoms with Crippen LogP contribution in [0, 0.1) is 0 Å². The van der Waals surface area contributed by atoms with Gasteiger partial charge in [0.2, 0.25) is 0 Å². The van der Waals surface area contributed by atoms with Gasteiger partial charge in [0.05, 0.1) is 11.1 Å². The maximum Gasteiger partial charge on any atom is 0.336 e. The van der Waals surface area contributed by atoms with Gasteiger partial charge >= 0.3 is 5.97 Å². The van der Waals surface area contributed by atoms with E-state index in [-0.39, 0.29) is 0 Å². The molecule has 4 heteroatoms. The van der Waals surface area contributed by atoms with Gasteiger partial charge in [0.25, 0.3) is 0 Å². The lowest BCUT2D eigenvalue weighted by atomic mass is 9.92. The number of hydrogen-bond acceptors (Lipinski definition) is 3. The zero-order chi connectivity index (χ0) is 13.2. The summed E-state index contributed by atoms with van der Waals surface area (Å²) in [4.78, 5) is 16.1. The van der Waals surface area contributed by atoms with Gasteiger partial charge in [0.1, 0.15) is 0 Å². The normalized spacial score (nSPS) is 16.6. The summed E-state index contributed by atoms with van der Waals surface area (Å²) in [7, 11) is 0. The van der Waals surface area contributed by atoms with Crippen molar-refractivity contribution in [3.63, 3.8) is 0 Å². The maximum absolute atomic E-state index is 11.4. The number of pyridine rings is 1. The van der Waals surface area contributed by atoms with E-state index in [0.29, 0.717) is 16.9 Å². The highest BCUT2D eigenvalue weighted by Gasteiger charge is 2.19. The number of carboxylic acid groups (broad SMARTS) is 1. The third kappa shape index (κ3) is 2.31. The predicted molar refractivity (Wildman–Crippen MR) is 73.5 cm³/mol. The Bertz CT molecular complexity index is 619. The molecule has 98 valence electrons. The highest BCUT2D eigenvalue weighted by Crippen LogP contribution is 2.27. The fraction of sp³-hybridized carbons (Fsp3) is 0.333. The molecule has 2 N–H and O–H groups in total. The molecule has 0 unspecified atom stereocenters. The second-order valence-electron chi connectivity index (χ2n) is 4.94. The van der Waals surface area contributed by atoms with E-state index < -0.39 is 5.97 Å². The SMILES string of the molecule is O=C(O)c1cc(C2CCNCC2)nc2ccccc12. The number of carbonyl (C=O) groups is 1. The first-order chi connectivity index (χ1) is 9.25. The Morgan fingerprint density at radius 3 is 2.74 bits per heavy atom. The number of aromatic nitrogens is 1. The van der Waals surface area contributed by atoms with Crippen LogP contribution in [0.2, 0.25) is 0 Å². The molecule has 0 aliphatic carbocycles. The molecular formula is C15H16N2O2. The first-order valence-electron chi connectivity index (χ1n) is 6.59. The van der Waals surface area contributed by atoms with Gasteiger partial charge in [0, 0.05) is 17.0 Å². The van der Waals surface area contributed by atoms with Crippen molar-refractivity contribution in [1.82, 2.24) is 10.3 Å². The van der Waals surface area contributed by atoms with Crippen LogP contribution in [0.3, 0.4) is 0 Å². The highest BCUT2D eigenvalue weighted by atomic mass is 16.4. The van der Waals surface area contributed by atoms with Gasteiger partial charge in [-0.05, 0) is 38.1 Å². The van der Waals surface area contributed by atoms with E-state index in [0.717, 1.165) is 37.1 Å². The molecule has 1 fully saturated rings. The average molecular weight is 256 g/mol. The molecule has 0 bridgehead atoms. The third-order valence-electron chi connectivity index (χ3n) is 3.72. The van der Waals surface area contributed by atoms with Crippen LogP contribution < -0.4 is 5.32 Å². The van der Waals surface area contributed by atoms with E-state index >= 15 is 0 Å². The molecule has 0 spiro atoms. The molecule has 1 aromatic carbocycles. The number of rotatable bonds is 2. The second kappa shape index (κ2) is 4.97. The van der Waals surface area contributed by atoms with Crippen molar-refractivity contribution in [3.8, 4) is 0 Å². The van der Waals surface area contributed by atoms with Crippen molar-refractivity contribution in [2.45, 2.75) is 18.8 Å². The molecule has 0 atom stereocenters. The van der Waals surface area contributed by atoms with Gasteiger partial charge in [-0.25, -0.2) is 4.79 Å². The molecule has 1 aliphatic heterocycles. The Balaban J connectivity index is 2.12. The van der Waals surface area contributed by atoms with Crippen molar-refractivity contribution < 1.29 is 9.90 Å². The Labute approximate surface area is 111 Å². The van der Waals surface area contributed by atoms with E-state index in [4.69, 9.17) is 0 Å². The number of aromatic carboxylic acids is 1. The van der Waals surface area contributed by atoms with Crippen LogP contribution >= 0.6 is 0 Å². The summed E-state index contributed by atoms with van der Waals surface area (Å²) in [6.07, 6.45) is 2.04. The van der Waals surface area contributed by atoms with Crippen molar-refractivity contribution in [2.75, 3.05) is 13.1 Å². The van der Waals surface area contributed by atoms with Gasteiger partial charge in [0.15, 0.2) is 0 Å². The highest BCUT2D eigenvalue weighted by molar-refractivity contribution is 6.02. The van der Waals surface area contributed by atoms with Crippen molar-refractivity contribution in [2.24, 2.45) is 0 Å². The number of piperidine rings is 1.